The molecule has 0 fully saturated rings. The minimum atomic E-state index is 0. The molecular formula is H14N8NaO12Rh+3. The molecule has 133 valence electrons. The molecule has 0 bridgehead atoms. The normalized spacial score (nSPS) is 3.27. The number of rotatable bonds is 0. The summed E-state index contributed by atoms with van der Waals surface area (Å²) in [5.41, 5.74) is 0. The largest absolute Gasteiger partial charge is 1.00 e. The van der Waals surface area contributed by atoms with E-state index in [4.69, 9.17) is 60.7 Å². The standard InChI is InChI=1S/6HNO2.2H3N.Na.Rh/c6*2-1-3;;;;/h6*(H,2,3);2*1H3;;/q;;;;;;;;+1;/p+2. The zero-order valence-corrected chi connectivity index (χ0v) is 14.8. The molecule has 0 aromatic heterocycles. The smallest absolute Gasteiger partial charge is 0.379 e. The van der Waals surface area contributed by atoms with Gasteiger partial charge in [0.15, 0.2) is 32.0 Å². The zero-order valence-electron chi connectivity index (χ0n) is 11.1. The van der Waals surface area contributed by atoms with Crippen LogP contribution < -0.4 is 41.9 Å². The first kappa shape index (κ1) is 72.4. The van der Waals surface area contributed by atoms with Crippen LogP contribution in [0.15, 0.2) is 32.0 Å². The van der Waals surface area contributed by atoms with Crippen molar-refractivity contribution >= 4 is 0 Å². The molecule has 0 saturated carbocycles. The van der Waals surface area contributed by atoms with Crippen LogP contribution in [0.3, 0.4) is 0 Å². The molecule has 0 unspecified atom stereocenters. The van der Waals surface area contributed by atoms with Crippen LogP contribution in [-0.4, -0.2) is 31.2 Å². The average molecular weight is 444 g/mol. The maximum atomic E-state index is 8.11. The molecule has 0 aromatic rings. The SMILES string of the molecule is O=NO.O=NO.O=NO.O=NO.O=NO.O=NO.[NH4+].[NH4+].[Na+].[Rh]. The molecule has 0 aliphatic carbocycles. The van der Waals surface area contributed by atoms with Gasteiger partial charge >= 0.3 is 29.6 Å². The van der Waals surface area contributed by atoms with Crippen LogP contribution in [-0.2, 0) is 19.5 Å². The Morgan fingerprint density at radius 1 is 0.409 bits per heavy atom. The van der Waals surface area contributed by atoms with Gasteiger partial charge in [0.05, 0.1) is 0 Å². The fraction of sp³-hybridized carbons (Fsp3) is 0. The predicted octanol–water partition coefficient (Wildman–Crippen LogP) is -1.39. The van der Waals surface area contributed by atoms with Gasteiger partial charge in [-0.25, -0.2) is 0 Å². The molecule has 1 radical (unpaired) electrons. The second-order valence-electron chi connectivity index (χ2n) is 0.490. The maximum Gasteiger partial charge on any atom is 1.00 e. The van der Waals surface area contributed by atoms with E-state index in [0.29, 0.717) is 0 Å². The van der Waals surface area contributed by atoms with E-state index in [2.05, 4.69) is 0 Å². The summed E-state index contributed by atoms with van der Waals surface area (Å²) >= 11 is 0. The Labute approximate surface area is 154 Å². The van der Waals surface area contributed by atoms with Crippen LogP contribution >= 0.6 is 0 Å². The summed E-state index contributed by atoms with van der Waals surface area (Å²) in [7, 11) is 0. The van der Waals surface area contributed by atoms with Crippen molar-refractivity contribution in [1.82, 2.24) is 12.3 Å². The van der Waals surface area contributed by atoms with Crippen LogP contribution in [0, 0.1) is 29.4 Å². The van der Waals surface area contributed by atoms with Crippen LogP contribution in [0.2, 0.25) is 0 Å². The van der Waals surface area contributed by atoms with Crippen molar-refractivity contribution in [2.45, 2.75) is 0 Å². The summed E-state index contributed by atoms with van der Waals surface area (Å²) in [4.78, 5) is 48.7. The maximum absolute atomic E-state index is 8.11. The average Bonchev–Trinajstić information content (AvgIpc) is 2.23. The second kappa shape index (κ2) is 392. The van der Waals surface area contributed by atoms with Crippen molar-refractivity contribution in [3.63, 3.8) is 0 Å². The van der Waals surface area contributed by atoms with Crippen molar-refractivity contribution in [1.29, 1.82) is 0 Å². The van der Waals surface area contributed by atoms with E-state index in [-0.39, 0.29) is 61.3 Å². The van der Waals surface area contributed by atoms with Crippen molar-refractivity contribution in [2.24, 2.45) is 32.0 Å². The van der Waals surface area contributed by atoms with E-state index in [1.54, 1.807) is 0 Å². The molecule has 0 aliphatic rings. The van der Waals surface area contributed by atoms with Crippen molar-refractivity contribution in [3.05, 3.63) is 29.4 Å². The Kier molecular flexibility index (Phi) is 1290. The summed E-state index contributed by atoms with van der Waals surface area (Å²) in [5.74, 6) is 0. The first-order chi connectivity index (χ1) is 8.49. The number of quaternary nitrogens is 2. The molecule has 0 atom stereocenters. The van der Waals surface area contributed by atoms with E-state index < -0.39 is 0 Å². The molecule has 0 amide bonds. The Hall–Kier alpha value is -2.06. The Morgan fingerprint density at radius 3 is 0.409 bits per heavy atom. The number of hydrogen-bond donors (Lipinski definition) is 8. The minimum Gasteiger partial charge on any atom is -0.379 e. The first-order valence-electron chi connectivity index (χ1n) is 2.30. The molecule has 22 heteroatoms. The van der Waals surface area contributed by atoms with Gasteiger partial charge in [0, 0.05) is 19.5 Å². The second-order valence-corrected chi connectivity index (χ2v) is 0.490. The Morgan fingerprint density at radius 2 is 0.409 bits per heavy atom. The third-order valence-corrected chi connectivity index (χ3v) is 0. The van der Waals surface area contributed by atoms with Crippen LogP contribution in [0.5, 0.6) is 0 Å². The van der Waals surface area contributed by atoms with E-state index in [1.807, 2.05) is 0 Å². The molecule has 0 heterocycles. The summed E-state index contributed by atoms with van der Waals surface area (Å²) in [6, 6.07) is 0. The molecule has 20 nitrogen and oxygen atoms in total. The fourth-order valence-electron chi connectivity index (χ4n) is 0. The Balaban J connectivity index is -0.00000000947. The number of hydrogen-bond acceptors (Lipinski definition) is 12. The fourth-order valence-corrected chi connectivity index (χ4v) is 0. The third-order valence-electron chi connectivity index (χ3n) is 0. The first-order valence-corrected chi connectivity index (χ1v) is 2.30. The van der Waals surface area contributed by atoms with Crippen LogP contribution in [0.25, 0.3) is 0 Å². The third kappa shape index (κ3) is 1220. The minimum absolute atomic E-state index is 0. The topological polar surface area (TPSA) is 371 Å². The Bertz CT molecular complexity index is 123. The predicted molar refractivity (Wildman–Crippen MR) is 57.5 cm³/mol. The molecule has 14 N–H and O–H groups in total. The molecule has 0 rings (SSSR count). The molecule has 0 aliphatic heterocycles. The summed E-state index contributed by atoms with van der Waals surface area (Å²) in [6.07, 6.45) is 0. The van der Waals surface area contributed by atoms with Crippen molar-refractivity contribution in [3.8, 4) is 0 Å². The summed E-state index contributed by atoms with van der Waals surface area (Å²) in [5, 5.41) is 47.3. The molecule has 0 spiro atoms. The summed E-state index contributed by atoms with van der Waals surface area (Å²) in [6.45, 7) is 0. The quantitative estimate of drug-likeness (QED) is 0.121. The molecular weight excluding hydrogens is 430 g/mol. The van der Waals surface area contributed by atoms with E-state index >= 15 is 0 Å². The van der Waals surface area contributed by atoms with Gasteiger partial charge in [-0.15, -0.1) is 29.4 Å². The monoisotopic (exact) mass is 444 g/mol. The van der Waals surface area contributed by atoms with E-state index in [9.17, 15) is 0 Å². The van der Waals surface area contributed by atoms with Gasteiger partial charge in [0.25, 0.3) is 0 Å². The van der Waals surface area contributed by atoms with Gasteiger partial charge < -0.3 is 43.5 Å². The zero-order chi connectivity index (χ0) is 16.2. The van der Waals surface area contributed by atoms with Gasteiger partial charge in [-0.1, -0.05) is 0 Å². The van der Waals surface area contributed by atoms with Gasteiger partial charge in [-0.05, 0) is 0 Å². The van der Waals surface area contributed by atoms with Crippen LogP contribution in [0.1, 0.15) is 0 Å². The van der Waals surface area contributed by atoms with Gasteiger partial charge in [-0.3, -0.25) is 0 Å². The number of nitrogens with zero attached hydrogens (tertiary/aromatic N) is 6. The van der Waals surface area contributed by atoms with Crippen molar-refractivity contribution in [2.75, 3.05) is 0 Å². The molecule has 22 heavy (non-hydrogen) atoms. The van der Waals surface area contributed by atoms with Gasteiger partial charge in [-0.2, -0.15) is 0 Å². The van der Waals surface area contributed by atoms with Crippen LogP contribution in [0.4, 0.5) is 0 Å². The summed E-state index contributed by atoms with van der Waals surface area (Å²) < 4.78 is 0. The van der Waals surface area contributed by atoms with E-state index in [0.717, 1.165) is 0 Å². The van der Waals surface area contributed by atoms with E-state index in [1.165, 1.54) is 32.0 Å². The van der Waals surface area contributed by atoms with Crippen molar-refractivity contribution < 1.29 is 80.3 Å². The van der Waals surface area contributed by atoms with Gasteiger partial charge in [0.1, 0.15) is 0 Å². The molecule has 0 saturated heterocycles. The van der Waals surface area contributed by atoms with Gasteiger partial charge in [0.2, 0.25) is 0 Å². The molecule has 0 aromatic carbocycles.